The second-order valence-corrected chi connectivity index (χ2v) is 10.1. The molecule has 0 aromatic heterocycles. The Labute approximate surface area is 151 Å². The Hall–Kier alpha value is -1.14. The van der Waals surface area contributed by atoms with Crippen LogP contribution in [0.1, 0.15) is 65.0 Å². The van der Waals surface area contributed by atoms with Crippen LogP contribution in [0.25, 0.3) is 0 Å². The lowest BCUT2D eigenvalue weighted by Gasteiger charge is -2.19. The summed E-state index contributed by atoms with van der Waals surface area (Å²) in [7, 11) is -3.37. The maximum atomic E-state index is 13.9. The maximum absolute atomic E-state index is 13.9. The smallest absolute Gasteiger partial charge is 0.212 e. The molecular formula is C19H30FNO3S. The first-order chi connectivity index (χ1) is 11.6. The maximum Gasteiger partial charge on any atom is 0.212 e. The van der Waals surface area contributed by atoms with E-state index in [9.17, 15) is 12.8 Å². The van der Waals surface area contributed by atoms with E-state index < -0.39 is 21.9 Å². The third-order valence-electron chi connectivity index (χ3n) is 4.32. The topological polar surface area (TPSA) is 55.4 Å². The van der Waals surface area contributed by atoms with Gasteiger partial charge in [0.15, 0.2) is 11.6 Å². The lowest BCUT2D eigenvalue weighted by molar-refractivity contribution is 0.285. The van der Waals surface area contributed by atoms with Crippen molar-refractivity contribution in [3.8, 4) is 5.75 Å². The molecule has 0 saturated heterocycles. The van der Waals surface area contributed by atoms with E-state index in [1.54, 1.807) is 19.1 Å². The van der Waals surface area contributed by atoms with E-state index in [1.165, 1.54) is 6.07 Å². The van der Waals surface area contributed by atoms with Gasteiger partial charge in [-0.2, -0.15) is 0 Å². The molecule has 4 nitrogen and oxygen atoms in total. The van der Waals surface area contributed by atoms with Crippen LogP contribution in [0.5, 0.6) is 5.75 Å². The molecule has 1 saturated carbocycles. The highest BCUT2D eigenvalue weighted by Crippen LogP contribution is 2.31. The Bertz CT molecular complexity index is 678. The molecule has 1 aliphatic rings. The van der Waals surface area contributed by atoms with Crippen molar-refractivity contribution in [2.24, 2.45) is 11.3 Å². The van der Waals surface area contributed by atoms with E-state index in [0.717, 1.165) is 19.3 Å². The number of benzene rings is 1. The summed E-state index contributed by atoms with van der Waals surface area (Å²) in [4.78, 5) is 0. The zero-order valence-electron chi connectivity index (χ0n) is 15.6. The van der Waals surface area contributed by atoms with Crippen molar-refractivity contribution in [3.63, 3.8) is 0 Å². The van der Waals surface area contributed by atoms with Crippen LogP contribution >= 0.6 is 0 Å². The zero-order chi connectivity index (χ0) is 18.7. The van der Waals surface area contributed by atoms with Crippen molar-refractivity contribution in [1.29, 1.82) is 0 Å². The molecule has 142 valence electrons. The van der Waals surface area contributed by atoms with Crippen LogP contribution in [0.15, 0.2) is 18.2 Å². The average Bonchev–Trinajstić information content (AvgIpc) is 3.28. The van der Waals surface area contributed by atoms with Gasteiger partial charge in [0.05, 0.1) is 12.4 Å². The van der Waals surface area contributed by atoms with Crippen molar-refractivity contribution in [2.75, 3.05) is 12.4 Å². The van der Waals surface area contributed by atoms with Gasteiger partial charge in [-0.25, -0.2) is 17.5 Å². The van der Waals surface area contributed by atoms with Crippen LogP contribution < -0.4 is 9.46 Å². The van der Waals surface area contributed by atoms with Crippen molar-refractivity contribution in [1.82, 2.24) is 4.72 Å². The Morgan fingerprint density at radius 1 is 1.32 bits per heavy atom. The first kappa shape index (κ1) is 20.2. The van der Waals surface area contributed by atoms with Crippen LogP contribution in [0.3, 0.4) is 0 Å². The standard InChI is InChI=1S/C19H30FNO3S/c1-14(21-25(22,23)11-5-10-19(2,3)4)16-8-9-17(20)18(12-16)24-13-15-6-7-15/h8-9,12,14-15,21H,5-7,10-11,13H2,1-4H3/t14-/m1/s1. The molecule has 2 rings (SSSR count). The normalized spacial score (nSPS) is 16.7. The van der Waals surface area contributed by atoms with Gasteiger partial charge < -0.3 is 4.74 Å². The summed E-state index contributed by atoms with van der Waals surface area (Å²) in [6.07, 6.45) is 3.72. The largest absolute Gasteiger partial charge is 0.490 e. The fourth-order valence-electron chi connectivity index (χ4n) is 2.58. The Balaban J connectivity index is 1.94. The van der Waals surface area contributed by atoms with Gasteiger partial charge >= 0.3 is 0 Å². The first-order valence-electron chi connectivity index (χ1n) is 8.98. The van der Waals surface area contributed by atoms with Gasteiger partial charge in [0.2, 0.25) is 10.0 Å². The van der Waals surface area contributed by atoms with Crippen molar-refractivity contribution >= 4 is 10.0 Å². The molecule has 25 heavy (non-hydrogen) atoms. The minimum absolute atomic E-state index is 0.0981. The van der Waals surface area contributed by atoms with Crippen LogP contribution in [0.4, 0.5) is 4.39 Å². The third-order valence-corrected chi connectivity index (χ3v) is 5.86. The van der Waals surface area contributed by atoms with E-state index >= 15 is 0 Å². The number of hydrogen-bond donors (Lipinski definition) is 1. The number of ether oxygens (including phenoxy) is 1. The van der Waals surface area contributed by atoms with Gasteiger partial charge in [-0.3, -0.25) is 0 Å². The molecule has 0 unspecified atom stereocenters. The summed E-state index contributed by atoms with van der Waals surface area (Å²) < 4.78 is 46.6. The average molecular weight is 372 g/mol. The van der Waals surface area contributed by atoms with Gasteiger partial charge in [-0.15, -0.1) is 0 Å². The molecule has 0 spiro atoms. The predicted octanol–water partition coefficient (Wildman–Crippen LogP) is 4.42. The first-order valence-corrected chi connectivity index (χ1v) is 10.6. The molecule has 0 amide bonds. The summed E-state index contributed by atoms with van der Waals surface area (Å²) in [5.41, 5.74) is 0.818. The molecule has 1 atom stereocenters. The van der Waals surface area contributed by atoms with Gasteiger partial charge in [-0.1, -0.05) is 26.8 Å². The lowest BCUT2D eigenvalue weighted by atomic mass is 9.91. The molecule has 0 aliphatic heterocycles. The van der Waals surface area contributed by atoms with Crippen molar-refractivity contribution < 1.29 is 17.5 Å². The highest BCUT2D eigenvalue weighted by molar-refractivity contribution is 7.89. The van der Waals surface area contributed by atoms with Crippen LogP contribution in [0.2, 0.25) is 0 Å². The van der Waals surface area contributed by atoms with E-state index in [0.29, 0.717) is 24.5 Å². The van der Waals surface area contributed by atoms with Gasteiger partial charge in [0.1, 0.15) is 0 Å². The molecule has 6 heteroatoms. The number of nitrogens with one attached hydrogen (secondary N) is 1. The summed E-state index contributed by atoms with van der Waals surface area (Å²) >= 11 is 0. The molecule has 0 bridgehead atoms. The Kier molecular flexibility index (Phi) is 6.49. The minimum atomic E-state index is -3.37. The fraction of sp³-hybridized carbons (Fsp3) is 0.684. The molecule has 1 N–H and O–H groups in total. The SMILES string of the molecule is C[C@@H](NS(=O)(=O)CCCC(C)(C)C)c1ccc(F)c(OCC2CC2)c1. The summed E-state index contributed by atoms with van der Waals surface area (Å²) in [5.74, 6) is 0.413. The molecular weight excluding hydrogens is 341 g/mol. The van der Waals surface area contributed by atoms with Crippen molar-refractivity contribution in [3.05, 3.63) is 29.6 Å². The van der Waals surface area contributed by atoms with Gasteiger partial charge in [0, 0.05) is 6.04 Å². The molecule has 0 heterocycles. The van der Waals surface area contributed by atoms with E-state index in [1.807, 2.05) is 0 Å². The van der Waals surface area contributed by atoms with Crippen LogP contribution in [-0.4, -0.2) is 20.8 Å². The Morgan fingerprint density at radius 2 is 2.00 bits per heavy atom. The highest BCUT2D eigenvalue weighted by atomic mass is 32.2. The van der Waals surface area contributed by atoms with E-state index in [4.69, 9.17) is 4.74 Å². The molecule has 1 aliphatic carbocycles. The molecule has 0 radical (unpaired) electrons. The molecule has 1 aromatic rings. The minimum Gasteiger partial charge on any atom is -0.490 e. The lowest BCUT2D eigenvalue weighted by Crippen LogP contribution is -2.29. The Morgan fingerprint density at radius 3 is 2.60 bits per heavy atom. The number of sulfonamides is 1. The highest BCUT2D eigenvalue weighted by Gasteiger charge is 2.23. The quantitative estimate of drug-likeness (QED) is 0.699. The van der Waals surface area contributed by atoms with Crippen molar-refractivity contribution in [2.45, 2.75) is 59.4 Å². The summed E-state index contributed by atoms with van der Waals surface area (Å²) in [6, 6.07) is 4.10. The van der Waals surface area contributed by atoms with Gasteiger partial charge in [-0.05, 0) is 61.6 Å². The van der Waals surface area contributed by atoms with E-state index in [-0.39, 0.29) is 16.9 Å². The number of halogens is 1. The monoisotopic (exact) mass is 371 g/mol. The molecule has 1 fully saturated rings. The zero-order valence-corrected chi connectivity index (χ0v) is 16.5. The second kappa shape index (κ2) is 8.04. The second-order valence-electron chi connectivity index (χ2n) is 8.27. The predicted molar refractivity (Wildman–Crippen MR) is 98.6 cm³/mol. The van der Waals surface area contributed by atoms with Crippen LogP contribution in [0, 0.1) is 17.2 Å². The summed E-state index contributed by atoms with van der Waals surface area (Å²) in [6.45, 7) is 8.57. The molecule has 1 aromatic carbocycles. The van der Waals surface area contributed by atoms with Crippen LogP contribution in [-0.2, 0) is 10.0 Å². The third kappa shape index (κ3) is 7.32. The van der Waals surface area contributed by atoms with Gasteiger partial charge in [0.25, 0.3) is 0 Å². The summed E-state index contributed by atoms with van der Waals surface area (Å²) in [5, 5.41) is 0. The fourth-order valence-corrected chi connectivity index (χ4v) is 3.90. The van der Waals surface area contributed by atoms with E-state index in [2.05, 4.69) is 25.5 Å². The number of hydrogen-bond acceptors (Lipinski definition) is 3. The number of rotatable bonds is 9.